The van der Waals surface area contributed by atoms with Crippen molar-refractivity contribution in [3.8, 4) is 0 Å². The van der Waals surface area contributed by atoms with Crippen LogP contribution in [0.25, 0.3) is 10.9 Å². The Hall–Kier alpha value is -1.28. The third kappa shape index (κ3) is 2.12. The lowest BCUT2D eigenvalue weighted by Gasteiger charge is -2.10. The van der Waals surface area contributed by atoms with E-state index in [2.05, 4.69) is 48.9 Å². The second kappa shape index (κ2) is 4.30. The fraction of sp³-hybridized carbons (Fsp3) is 0.429. The summed E-state index contributed by atoms with van der Waals surface area (Å²) in [6, 6.07) is 8.76. The van der Waals surface area contributed by atoms with Gasteiger partial charge in [-0.3, -0.25) is 0 Å². The molecule has 0 bridgehead atoms. The van der Waals surface area contributed by atoms with Crippen LogP contribution < -0.4 is 5.73 Å². The normalized spacial score (nSPS) is 13.6. The lowest BCUT2D eigenvalue weighted by Crippen LogP contribution is -2.06. The highest BCUT2D eigenvalue weighted by molar-refractivity contribution is 5.80. The van der Waals surface area contributed by atoms with E-state index in [0.717, 1.165) is 6.54 Å². The predicted octanol–water partition coefficient (Wildman–Crippen LogP) is 3.32. The maximum absolute atomic E-state index is 5.92. The maximum Gasteiger partial charge on any atom is 0.0483 e. The molecule has 2 aromatic rings. The van der Waals surface area contributed by atoms with E-state index in [-0.39, 0.29) is 6.04 Å². The molecule has 0 saturated carbocycles. The van der Waals surface area contributed by atoms with Crippen molar-refractivity contribution in [2.75, 3.05) is 0 Å². The molecule has 86 valence electrons. The van der Waals surface area contributed by atoms with Gasteiger partial charge in [0.25, 0.3) is 0 Å². The van der Waals surface area contributed by atoms with Gasteiger partial charge in [-0.2, -0.15) is 0 Å². The van der Waals surface area contributed by atoms with Crippen LogP contribution in [0.15, 0.2) is 30.5 Å². The highest BCUT2D eigenvalue weighted by Crippen LogP contribution is 2.21. The van der Waals surface area contributed by atoms with Crippen LogP contribution in [0.2, 0.25) is 0 Å². The van der Waals surface area contributed by atoms with Crippen LogP contribution in [0.1, 0.15) is 32.4 Å². The average molecular weight is 216 g/mol. The fourth-order valence-electron chi connectivity index (χ4n) is 2.04. The van der Waals surface area contributed by atoms with E-state index in [9.17, 15) is 0 Å². The van der Waals surface area contributed by atoms with E-state index < -0.39 is 0 Å². The molecule has 0 aliphatic heterocycles. The Morgan fingerprint density at radius 1 is 1.19 bits per heavy atom. The van der Waals surface area contributed by atoms with E-state index in [1.807, 2.05) is 6.92 Å². The van der Waals surface area contributed by atoms with Gasteiger partial charge >= 0.3 is 0 Å². The van der Waals surface area contributed by atoms with Gasteiger partial charge in [0, 0.05) is 24.3 Å². The smallest absolute Gasteiger partial charge is 0.0483 e. The van der Waals surface area contributed by atoms with Crippen molar-refractivity contribution < 1.29 is 0 Å². The van der Waals surface area contributed by atoms with Gasteiger partial charge in [-0.1, -0.05) is 26.0 Å². The molecule has 0 radical (unpaired) electrons. The lowest BCUT2D eigenvalue weighted by atomic mass is 10.1. The van der Waals surface area contributed by atoms with Crippen molar-refractivity contribution >= 4 is 10.9 Å². The number of nitrogens with two attached hydrogens (primary N) is 1. The van der Waals surface area contributed by atoms with E-state index in [1.165, 1.54) is 16.5 Å². The summed E-state index contributed by atoms with van der Waals surface area (Å²) in [6.07, 6.45) is 2.16. The number of aromatic nitrogens is 1. The molecule has 0 aliphatic rings. The third-order valence-corrected chi connectivity index (χ3v) is 2.89. The Kier molecular flexibility index (Phi) is 3.01. The Morgan fingerprint density at radius 2 is 1.94 bits per heavy atom. The molecule has 2 heteroatoms. The van der Waals surface area contributed by atoms with Crippen LogP contribution in [0.3, 0.4) is 0 Å². The van der Waals surface area contributed by atoms with Gasteiger partial charge in [-0.05, 0) is 35.9 Å². The van der Waals surface area contributed by atoms with Crippen LogP contribution in [-0.4, -0.2) is 4.57 Å². The van der Waals surface area contributed by atoms with Crippen molar-refractivity contribution in [2.24, 2.45) is 11.7 Å². The van der Waals surface area contributed by atoms with Gasteiger partial charge in [-0.25, -0.2) is 0 Å². The molecule has 2 rings (SSSR count). The summed E-state index contributed by atoms with van der Waals surface area (Å²) in [4.78, 5) is 0. The standard InChI is InChI=1S/C14H20N2/c1-10(2)9-16-7-6-12-4-5-13(11(3)15)8-14(12)16/h4-8,10-11H,9,15H2,1-3H3. The minimum atomic E-state index is 0.104. The predicted molar refractivity (Wildman–Crippen MR) is 69.4 cm³/mol. The van der Waals surface area contributed by atoms with Gasteiger partial charge in [0.2, 0.25) is 0 Å². The minimum absolute atomic E-state index is 0.104. The van der Waals surface area contributed by atoms with Gasteiger partial charge < -0.3 is 10.3 Å². The quantitative estimate of drug-likeness (QED) is 0.838. The highest BCUT2D eigenvalue weighted by Gasteiger charge is 2.05. The fourth-order valence-corrected chi connectivity index (χ4v) is 2.04. The number of rotatable bonds is 3. The van der Waals surface area contributed by atoms with Gasteiger partial charge in [0.1, 0.15) is 0 Å². The molecular weight excluding hydrogens is 196 g/mol. The largest absolute Gasteiger partial charge is 0.347 e. The van der Waals surface area contributed by atoms with Crippen molar-refractivity contribution in [3.63, 3.8) is 0 Å². The van der Waals surface area contributed by atoms with E-state index in [1.54, 1.807) is 0 Å². The zero-order valence-electron chi connectivity index (χ0n) is 10.3. The first-order valence-electron chi connectivity index (χ1n) is 5.92. The summed E-state index contributed by atoms with van der Waals surface area (Å²) in [7, 11) is 0. The Bertz CT molecular complexity index is 480. The number of nitrogens with zero attached hydrogens (tertiary/aromatic N) is 1. The van der Waals surface area contributed by atoms with E-state index in [0.29, 0.717) is 5.92 Å². The second-order valence-electron chi connectivity index (χ2n) is 4.97. The van der Waals surface area contributed by atoms with Crippen molar-refractivity contribution in [2.45, 2.75) is 33.4 Å². The molecule has 0 saturated heterocycles. The molecule has 0 amide bonds. The van der Waals surface area contributed by atoms with E-state index >= 15 is 0 Å². The summed E-state index contributed by atoms with van der Waals surface area (Å²) >= 11 is 0. The first-order chi connectivity index (χ1) is 7.58. The number of hydrogen-bond acceptors (Lipinski definition) is 1. The number of fused-ring (bicyclic) bond motifs is 1. The minimum Gasteiger partial charge on any atom is -0.347 e. The molecule has 2 nitrogen and oxygen atoms in total. The summed E-state index contributed by atoms with van der Waals surface area (Å²) in [5, 5.41) is 1.30. The van der Waals surface area contributed by atoms with Crippen molar-refractivity contribution in [3.05, 3.63) is 36.0 Å². The Balaban J connectivity index is 2.47. The topological polar surface area (TPSA) is 30.9 Å². The van der Waals surface area contributed by atoms with Gasteiger partial charge in [0.05, 0.1) is 0 Å². The summed E-state index contributed by atoms with van der Waals surface area (Å²) in [5.41, 5.74) is 8.42. The van der Waals surface area contributed by atoms with Crippen LogP contribution >= 0.6 is 0 Å². The van der Waals surface area contributed by atoms with Crippen LogP contribution in [0, 0.1) is 5.92 Å². The van der Waals surface area contributed by atoms with Crippen LogP contribution in [-0.2, 0) is 6.54 Å². The molecule has 1 aromatic heterocycles. The first kappa shape index (κ1) is 11.2. The summed E-state index contributed by atoms with van der Waals surface area (Å²) in [6.45, 7) is 7.56. The molecule has 1 atom stereocenters. The van der Waals surface area contributed by atoms with Crippen molar-refractivity contribution in [1.82, 2.24) is 4.57 Å². The zero-order valence-corrected chi connectivity index (χ0v) is 10.3. The Morgan fingerprint density at radius 3 is 2.56 bits per heavy atom. The average Bonchev–Trinajstić information content (AvgIpc) is 2.60. The molecule has 16 heavy (non-hydrogen) atoms. The SMILES string of the molecule is CC(C)Cn1ccc2ccc(C(C)N)cc21. The van der Waals surface area contributed by atoms with Crippen molar-refractivity contribution in [1.29, 1.82) is 0 Å². The maximum atomic E-state index is 5.92. The van der Waals surface area contributed by atoms with Crippen LogP contribution in [0.4, 0.5) is 0 Å². The molecule has 0 aliphatic carbocycles. The molecule has 1 heterocycles. The highest BCUT2D eigenvalue weighted by atomic mass is 15.0. The summed E-state index contributed by atoms with van der Waals surface area (Å²) in [5.74, 6) is 0.662. The zero-order chi connectivity index (χ0) is 11.7. The molecule has 1 unspecified atom stereocenters. The van der Waals surface area contributed by atoms with E-state index in [4.69, 9.17) is 5.73 Å². The Labute approximate surface area is 97.1 Å². The molecular formula is C14H20N2. The second-order valence-corrected chi connectivity index (χ2v) is 4.97. The van der Waals surface area contributed by atoms with Gasteiger partial charge in [-0.15, -0.1) is 0 Å². The first-order valence-corrected chi connectivity index (χ1v) is 5.92. The molecule has 0 spiro atoms. The monoisotopic (exact) mass is 216 g/mol. The molecule has 1 aromatic carbocycles. The summed E-state index contributed by atoms with van der Waals surface area (Å²) < 4.78 is 2.31. The van der Waals surface area contributed by atoms with Gasteiger partial charge in [0.15, 0.2) is 0 Å². The molecule has 0 fully saturated rings. The molecule has 2 N–H and O–H groups in total. The number of hydrogen-bond donors (Lipinski definition) is 1. The third-order valence-electron chi connectivity index (χ3n) is 2.89. The lowest BCUT2D eigenvalue weighted by molar-refractivity contribution is 0.535. The number of benzene rings is 1. The van der Waals surface area contributed by atoms with Crippen LogP contribution in [0.5, 0.6) is 0 Å².